The Balaban J connectivity index is 2.00. The summed E-state index contributed by atoms with van der Waals surface area (Å²) < 4.78 is 0. The minimum absolute atomic E-state index is 0.260. The molecule has 20 heavy (non-hydrogen) atoms. The lowest BCUT2D eigenvalue weighted by Crippen LogP contribution is -2.22. The van der Waals surface area contributed by atoms with Crippen molar-refractivity contribution in [2.45, 2.75) is 6.54 Å². The molecule has 1 heterocycles. The van der Waals surface area contributed by atoms with Crippen LogP contribution in [0.3, 0.4) is 0 Å². The van der Waals surface area contributed by atoms with Crippen molar-refractivity contribution in [3.8, 4) is 0 Å². The van der Waals surface area contributed by atoms with Crippen LogP contribution in [0.2, 0.25) is 5.02 Å². The molecule has 5 nitrogen and oxygen atoms in total. The second-order valence-electron chi connectivity index (χ2n) is 3.88. The van der Waals surface area contributed by atoms with Gasteiger partial charge >= 0.3 is 0 Å². The number of benzene rings is 1. The van der Waals surface area contributed by atoms with Gasteiger partial charge in [-0.05, 0) is 23.8 Å². The van der Waals surface area contributed by atoms with Crippen molar-refractivity contribution < 1.29 is 14.8 Å². The molecule has 104 valence electrons. The molecular formula is C13H11ClN2O3S. The Bertz CT molecular complexity index is 642. The van der Waals surface area contributed by atoms with Crippen LogP contribution in [0.15, 0.2) is 36.4 Å². The monoisotopic (exact) mass is 310 g/mol. The van der Waals surface area contributed by atoms with Gasteiger partial charge in [0.05, 0.1) is 9.75 Å². The fourth-order valence-electron chi connectivity index (χ4n) is 1.54. The predicted molar refractivity (Wildman–Crippen MR) is 76.2 cm³/mol. The van der Waals surface area contributed by atoms with Gasteiger partial charge in [0, 0.05) is 11.6 Å². The number of hydrogen-bond donors (Lipinski definition) is 3. The van der Waals surface area contributed by atoms with E-state index < -0.39 is 5.91 Å². The SMILES string of the molecule is O=C(NO)c1ccc(C(=O)NCc2ccccc2Cl)s1. The topological polar surface area (TPSA) is 78.4 Å². The lowest BCUT2D eigenvalue weighted by atomic mass is 10.2. The normalized spacial score (nSPS) is 10.1. The third-order valence-electron chi connectivity index (χ3n) is 2.55. The van der Waals surface area contributed by atoms with Crippen molar-refractivity contribution in [1.29, 1.82) is 0 Å². The number of halogens is 1. The second kappa shape index (κ2) is 6.51. The number of carbonyl (C=O) groups excluding carboxylic acids is 2. The molecule has 0 saturated heterocycles. The van der Waals surface area contributed by atoms with E-state index in [0.29, 0.717) is 16.4 Å². The molecule has 1 aromatic heterocycles. The largest absolute Gasteiger partial charge is 0.347 e. The average Bonchev–Trinajstić information content (AvgIpc) is 2.95. The Morgan fingerprint density at radius 1 is 1.10 bits per heavy atom. The Morgan fingerprint density at radius 2 is 1.75 bits per heavy atom. The molecule has 0 aliphatic rings. The van der Waals surface area contributed by atoms with Gasteiger partial charge in [0.1, 0.15) is 0 Å². The zero-order valence-electron chi connectivity index (χ0n) is 10.2. The summed E-state index contributed by atoms with van der Waals surface area (Å²) in [6.45, 7) is 0.304. The first-order chi connectivity index (χ1) is 9.61. The molecule has 0 bridgehead atoms. The van der Waals surface area contributed by atoms with Crippen LogP contribution < -0.4 is 10.8 Å². The molecule has 0 saturated carbocycles. The maximum atomic E-state index is 11.9. The molecule has 2 aromatic rings. The number of thiophene rings is 1. The van der Waals surface area contributed by atoms with Crippen LogP contribution >= 0.6 is 22.9 Å². The van der Waals surface area contributed by atoms with Crippen molar-refractivity contribution in [2.24, 2.45) is 0 Å². The van der Waals surface area contributed by atoms with E-state index in [1.807, 2.05) is 18.2 Å². The molecule has 0 radical (unpaired) electrons. The summed E-state index contributed by atoms with van der Waals surface area (Å²) >= 11 is 6.98. The molecule has 3 N–H and O–H groups in total. The zero-order valence-corrected chi connectivity index (χ0v) is 11.8. The molecule has 0 unspecified atom stereocenters. The summed E-state index contributed by atoms with van der Waals surface area (Å²) in [4.78, 5) is 23.7. The molecule has 0 atom stereocenters. The molecule has 0 aliphatic carbocycles. The average molecular weight is 311 g/mol. The highest BCUT2D eigenvalue weighted by Crippen LogP contribution is 2.17. The third kappa shape index (κ3) is 3.36. The van der Waals surface area contributed by atoms with E-state index in [1.54, 1.807) is 6.07 Å². The highest BCUT2D eigenvalue weighted by molar-refractivity contribution is 7.15. The summed E-state index contributed by atoms with van der Waals surface area (Å²) in [6, 6.07) is 10.2. The molecule has 1 aromatic carbocycles. The number of carbonyl (C=O) groups is 2. The number of hydroxylamine groups is 1. The van der Waals surface area contributed by atoms with Gasteiger partial charge in [-0.15, -0.1) is 11.3 Å². The lowest BCUT2D eigenvalue weighted by molar-refractivity contribution is 0.0711. The number of hydrogen-bond acceptors (Lipinski definition) is 4. The molecule has 0 fully saturated rings. The Labute approximate surface area is 124 Å². The van der Waals surface area contributed by atoms with Crippen molar-refractivity contribution in [3.63, 3.8) is 0 Å². The Hall–Kier alpha value is -1.89. The van der Waals surface area contributed by atoms with Crippen molar-refractivity contribution >= 4 is 34.8 Å². The second-order valence-corrected chi connectivity index (χ2v) is 5.37. The van der Waals surface area contributed by atoms with Gasteiger partial charge < -0.3 is 5.32 Å². The summed E-state index contributed by atoms with van der Waals surface area (Å²) in [5.41, 5.74) is 2.33. The molecule has 0 aliphatic heterocycles. The van der Waals surface area contributed by atoms with Crippen LogP contribution in [0, 0.1) is 0 Å². The van der Waals surface area contributed by atoms with Crippen LogP contribution in [-0.2, 0) is 6.54 Å². The van der Waals surface area contributed by atoms with Crippen molar-refractivity contribution in [3.05, 3.63) is 56.7 Å². The third-order valence-corrected chi connectivity index (χ3v) is 4.00. The van der Waals surface area contributed by atoms with E-state index in [1.165, 1.54) is 17.6 Å². The highest BCUT2D eigenvalue weighted by atomic mass is 35.5. The number of rotatable bonds is 4. The molecular weight excluding hydrogens is 300 g/mol. The van der Waals surface area contributed by atoms with Crippen LogP contribution in [0.5, 0.6) is 0 Å². The van der Waals surface area contributed by atoms with Gasteiger partial charge in [-0.3, -0.25) is 14.8 Å². The van der Waals surface area contributed by atoms with Crippen LogP contribution in [-0.4, -0.2) is 17.0 Å². The quantitative estimate of drug-likeness (QED) is 0.599. The first-order valence-corrected chi connectivity index (χ1v) is 6.87. The van der Waals surface area contributed by atoms with Crippen molar-refractivity contribution in [1.82, 2.24) is 10.8 Å². The van der Waals surface area contributed by atoms with Crippen molar-refractivity contribution in [2.75, 3.05) is 0 Å². The van der Waals surface area contributed by atoms with Gasteiger partial charge in [-0.25, -0.2) is 5.48 Å². The minimum atomic E-state index is -0.639. The van der Waals surface area contributed by atoms with E-state index in [2.05, 4.69) is 5.32 Å². The standard InChI is InChI=1S/C13H11ClN2O3S/c14-9-4-2-1-3-8(9)7-15-12(17)10-5-6-11(20-10)13(18)16-19/h1-6,19H,7H2,(H,15,17)(H,16,18). The van der Waals surface area contributed by atoms with E-state index in [-0.39, 0.29) is 10.8 Å². The summed E-state index contributed by atoms with van der Waals surface area (Å²) in [6.07, 6.45) is 0. The Kier molecular flexibility index (Phi) is 4.73. The van der Waals surface area contributed by atoms with Gasteiger partial charge in [-0.1, -0.05) is 29.8 Å². The molecule has 2 amide bonds. The van der Waals surface area contributed by atoms with E-state index in [4.69, 9.17) is 16.8 Å². The number of amides is 2. The predicted octanol–water partition coefficient (Wildman–Crippen LogP) is 2.45. The maximum Gasteiger partial charge on any atom is 0.284 e. The highest BCUT2D eigenvalue weighted by Gasteiger charge is 2.13. The number of nitrogens with one attached hydrogen (secondary N) is 2. The van der Waals surface area contributed by atoms with Gasteiger partial charge in [0.15, 0.2) is 0 Å². The minimum Gasteiger partial charge on any atom is -0.347 e. The first kappa shape index (κ1) is 14.5. The fraction of sp³-hybridized carbons (Fsp3) is 0.0769. The van der Waals surface area contributed by atoms with E-state index in [0.717, 1.165) is 16.9 Å². The first-order valence-electron chi connectivity index (χ1n) is 5.67. The van der Waals surface area contributed by atoms with Crippen LogP contribution in [0.25, 0.3) is 0 Å². The Morgan fingerprint density at radius 3 is 2.40 bits per heavy atom. The van der Waals surface area contributed by atoms with E-state index >= 15 is 0 Å². The van der Waals surface area contributed by atoms with Gasteiger partial charge in [0.25, 0.3) is 11.8 Å². The van der Waals surface area contributed by atoms with Crippen LogP contribution in [0.1, 0.15) is 24.9 Å². The van der Waals surface area contributed by atoms with Crippen LogP contribution in [0.4, 0.5) is 0 Å². The lowest BCUT2D eigenvalue weighted by Gasteiger charge is -2.05. The molecule has 2 rings (SSSR count). The van der Waals surface area contributed by atoms with Gasteiger partial charge in [0.2, 0.25) is 0 Å². The summed E-state index contributed by atoms with van der Waals surface area (Å²) in [5, 5.41) is 11.8. The fourth-order valence-corrected chi connectivity index (χ4v) is 2.56. The van der Waals surface area contributed by atoms with E-state index in [9.17, 15) is 9.59 Å². The van der Waals surface area contributed by atoms with Gasteiger partial charge in [-0.2, -0.15) is 0 Å². The molecule has 7 heteroatoms. The summed E-state index contributed by atoms with van der Waals surface area (Å²) in [7, 11) is 0. The maximum absolute atomic E-state index is 11.9. The molecule has 0 spiro atoms. The smallest absolute Gasteiger partial charge is 0.284 e. The zero-order chi connectivity index (χ0) is 14.5. The summed E-state index contributed by atoms with van der Waals surface area (Å²) in [5.74, 6) is -0.938.